The number of fused-ring (bicyclic) bond motifs is 1. The maximum Gasteiger partial charge on any atom is 0.332 e. The summed E-state index contributed by atoms with van der Waals surface area (Å²) in [6, 6.07) is 0. The Hall–Kier alpha value is -2.38. The molecule has 0 atom stereocenters. The summed E-state index contributed by atoms with van der Waals surface area (Å²) in [7, 11) is 1.51. The lowest BCUT2D eigenvalue weighted by Crippen LogP contribution is -2.40. The molecule has 0 aromatic carbocycles. The van der Waals surface area contributed by atoms with E-state index in [1.807, 2.05) is 6.92 Å². The van der Waals surface area contributed by atoms with Crippen LogP contribution in [-0.2, 0) is 24.9 Å². The molecule has 0 spiro atoms. The number of aryl methyl sites for hydroxylation is 2. The van der Waals surface area contributed by atoms with Crippen molar-refractivity contribution in [1.29, 1.82) is 0 Å². The standard InChI is InChI=1S/C11H14N4O4/c1-3-14-6-12-9-8(14)10(18)15(5-4-7(16)17)11(19)13(9)2/h6H,3-5H2,1-2H3,(H,16,17). The van der Waals surface area contributed by atoms with E-state index in [-0.39, 0.29) is 13.0 Å². The van der Waals surface area contributed by atoms with Crippen LogP contribution in [0.1, 0.15) is 13.3 Å². The Morgan fingerprint density at radius 2 is 2.11 bits per heavy atom. The van der Waals surface area contributed by atoms with Crippen LogP contribution in [0, 0.1) is 0 Å². The molecular weight excluding hydrogens is 252 g/mol. The predicted molar refractivity (Wildman–Crippen MR) is 67.2 cm³/mol. The smallest absolute Gasteiger partial charge is 0.332 e. The molecule has 0 fully saturated rings. The van der Waals surface area contributed by atoms with E-state index >= 15 is 0 Å². The van der Waals surface area contributed by atoms with Gasteiger partial charge in [0.2, 0.25) is 0 Å². The number of aliphatic carboxylic acids is 1. The molecule has 8 heteroatoms. The van der Waals surface area contributed by atoms with Crippen molar-refractivity contribution in [3.8, 4) is 0 Å². The topological polar surface area (TPSA) is 99.1 Å². The van der Waals surface area contributed by atoms with Gasteiger partial charge < -0.3 is 9.67 Å². The van der Waals surface area contributed by atoms with Crippen molar-refractivity contribution in [3.63, 3.8) is 0 Å². The minimum atomic E-state index is -1.06. The van der Waals surface area contributed by atoms with Crippen molar-refractivity contribution in [2.24, 2.45) is 7.05 Å². The predicted octanol–water partition coefficient (Wildman–Crippen LogP) is -0.609. The third kappa shape index (κ3) is 2.05. The second kappa shape index (κ2) is 4.71. The van der Waals surface area contributed by atoms with E-state index in [1.54, 1.807) is 4.57 Å². The number of carbonyl (C=O) groups is 1. The Bertz CT molecular complexity index is 752. The van der Waals surface area contributed by atoms with Gasteiger partial charge in [-0.25, -0.2) is 9.78 Å². The number of imidazole rings is 1. The van der Waals surface area contributed by atoms with Crippen molar-refractivity contribution in [2.45, 2.75) is 26.4 Å². The average Bonchev–Trinajstić information content (AvgIpc) is 2.79. The molecule has 0 amide bonds. The lowest BCUT2D eigenvalue weighted by Gasteiger charge is -2.07. The van der Waals surface area contributed by atoms with Gasteiger partial charge >= 0.3 is 11.7 Å². The molecule has 102 valence electrons. The zero-order valence-corrected chi connectivity index (χ0v) is 10.7. The van der Waals surface area contributed by atoms with Crippen LogP contribution in [0.3, 0.4) is 0 Å². The van der Waals surface area contributed by atoms with Crippen LogP contribution in [0.15, 0.2) is 15.9 Å². The third-order valence-electron chi connectivity index (χ3n) is 2.99. The minimum Gasteiger partial charge on any atom is -0.481 e. The van der Waals surface area contributed by atoms with Crippen LogP contribution >= 0.6 is 0 Å². The van der Waals surface area contributed by atoms with Gasteiger partial charge in [-0.3, -0.25) is 18.7 Å². The molecule has 19 heavy (non-hydrogen) atoms. The molecule has 0 aliphatic rings. The van der Waals surface area contributed by atoms with Gasteiger partial charge in [-0.2, -0.15) is 0 Å². The van der Waals surface area contributed by atoms with Crippen molar-refractivity contribution in [3.05, 3.63) is 27.2 Å². The Morgan fingerprint density at radius 3 is 2.68 bits per heavy atom. The van der Waals surface area contributed by atoms with Crippen LogP contribution < -0.4 is 11.2 Å². The fraction of sp³-hybridized carbons (Fsp3) is 0.455. The fourth-order valence-electron chi connectivity index (χ4n) is 1.97. The molecule has 0 bridgehead atoms. The molecule has 0 unspecified atom stereocenters. The summed E-state index contributed by atoms with van der Waals surface area (Å²) < 4.78 is 3.82. The highest BCUT2D eigenvalue weighted by Gasteiger charge is 2.15. The Balaban J connectivity index is 2.74. The van der Waals surface area contributed by atoms with E-state index in [0.29, 0.717) is 17.7 Å². The molecule has 0 radical (unpaired) electrons. The molecule has 0 saturated heterocycles. The van der Waals surface area contributed by atoms with Gasteiger partial charge in [0.25, 0.3) is 5.56 Å². The quantitative estimate of drug-likeness (QED) is 0.796. The summed E-state index contributed by atoms with van der Waals surface area (Å²) in [5, 5.41) is 8.66. The molecule has 0 aliphatic heterocycles. The number of hydrogen-bond acceptors (Lipinski definition) is 4. The third-order valence-corrected chi connectivity index (χ3v) is 2.99. The zero-order chi connectivity index (χ0) is 14.2. The maximum absolute atomic E-state index is 12.3. The summed E-state index contributed by atoms with van der Waals surface area (Å²) >= 11 is 0. The highest BCUT2D eigenvalue weighted by Crippen LogP contribution is 2.05. The van der Waals surface area contributed by atoms with E-state index in [1.165, 1.54) is 17.9 Å². The van der Waals surface area contributed by atoms with Gasteiger partial charge in [0, 0.05) is 20.1 Å². The largest absolute Gasteiger partial charge is 0.481 e. The van der Waals surface area contributed by atoms with Gasteiger partial charge in [0.15, 0.2) is 11.2 Å². The number of aromatic nitrogens is 4. The molecule has 0 saturated carbocycles. The van der Waals surface area contributed by atoms with E-state index in [0.717, 1.165) is 4.57 Å². The lowest BCUT2D eigenvalue weighted by atomic mass is 10.4. The fourth-order valence-corrected chi connectivity index (χ4v) is 1.97. The second-order valence-electron chi connectivity index (χ2n) is 4.14. The summed E-state index contributed by atoms with van der Waals surface area (Å²) in [5.74, 6) is -1.06. The zero-order valence-electron chi connectivity index (χ0n) is 10.7. The van der Waals surface area contributed by atoms with Gasteiger partial charge in [0.1, 0.15) is 0 Å². The first-order valence-corrected chi connectivity index (χ1v) is 5.83. The van der Waals surface area contributed by atoms with E-state index in [4.69, 9.17) is 5.11 Å². The van der Waals surface area contributed by atoms with Crippen LogP contribution in [-0.4, -0.2) is 29.8 Å². The van der Waals surface area contributed by atoms with Crippen LogP contribution in [0.5, 0.6) is 0 Å². The van der Waals surface area contributed by atoms with Crippen LogP contribution in [0.2, 0.25) is 0 Å². The molecular formula is C11H14N4O4. The first-order chi connectivity index (χ1) is 8.97. The monoisotopic (exact) mass is 266 g/mol. The van der Waals surface area contributed by atoms with E-state index in [9.17, 15) is 14.4 Å². The van der Waals surface area contributed by atoms with Gasteiger partial charge in [-0.15, -0.1) is 0 Å². The lowest BCUT2D eigenvalue weighted by molar-refractivity contribution is -0.137. The first-order valence-electron chi connectivity index (χ1n) is 5.83. The van der Waals surface area contributed by atoms with E-state index < -0.39 is 17.2 Å². The number of nitrogens with zero attached hydrogens (tertiary/aromatic N) is 4. The molecule has 2 aromatic heterocycles. The van der Waals surface area contributed by atoms with Crippen LogP contribution in [0.25, 0.3) is 11.2 Å². The van der Waals surface area contributed by atoms with Gasteiger partial charge in [-0.1, -0.05) is 0 Å². The second-order valence-corrected chi connectivity index (χ2v) is 4.14. The van der Waals surface area contributed by atoms with E-state index in [2.05, 4.69) is 4.98 Å². The molecule has 1 N–H and O–H groups in total. The first kappa shape index (κ1) is 13.1. The normalized spacial score (nSPS) is 11.1. The highest BCUT2D eigenvalue weighted by atomic mass is 16.4. The number of carboxylic acids is 1. The Morgan fingerprint density at radius 1 is 1.42 bits per heavy atom. The number of carboxylic acid groups (broad SMARTS) is 1. The molecule has 2 rings (SSSR count). The maximum atomic E-state index is 12.3. The summed E-state index contributed by atoms with van der Waals surface area (Å²) in [6.07, 6.45) is 1.22. The molecule has 0 aliphatic carbocycles. The number of rotatable bonds is 4. The van der Waals surface area contributed by atoms with Gasteiger partial charge in [0.05, 0.1) is 12.7 Å². The van der Waals surface area contributed by atoms with Crippen LogP contribution in [0.4, 0.5) is 0 Å². The van der Waals surface area contributed by atoms with Crippen molar-refractivity contribution >= 4 is 17.1 Å². The van der Waals surface area contributed by atoms with Crippen molar-refractivity contribution in [1.82, 2.24) is 18.7 Å². The van der Waals surface area contributed by atoms with Crippen molar-refractivity contribution in [2.75, 3.05) is 0 Å². The Labute approximate surface area is 107 Å². The van der Waals surface area contributed by atoms with Crippen molar-refractivity contribution < 1.29 is 9.90 Å². The Kier molecular flexibility index (Phi) is 3.24. The SMILES string of the molecule is CCn1cnc2c1c(=O)n(CCC(=O)O)c(=O)n2C. The average molecular weight is 266 g/mol. The summed E-state index contributed by atoms with van der Waals surface area (Å²) in [5.41, 5.74) is -0.433. The highest BCUT2D eigenvalue weighted by molar-refractivity contribution is 5.70. The molecule has 2 heterocycles. The summed E-state index contributed by atoms with van der Waals surface area (Å²) in [6.45, 7) is 2.25. The molecule has 8 nitrogen and oxygen atoms in total. The minimum absolute atomic E-state index is 0.147. The summed E-state index contributed by atoms with van der Waals surface area (Å²) in [4.78, 5) is 38.9. The number of hydrogen-bond donors (Lipinski definition) is 1. The molecule has 2 aromatic rings. The van der Waals surface area contributed by atoms with Gasteiger partial charge in [-0.05, 0) is 6.92 Å².